The van der Waals surface area contributed by atoms with Crippen LogP contribution in [-0.4, -0.2) is 30.4 Å². The summed E-state index contributed by atoms with van der Waals surface area (Å²) in [5.74, 6) is -0.261. The third-order valence-electron chi connectivity index (χ3n) is 6.32. The molecule has 5 rings (SSSR count). The number of nitrogens with one attached hydrogen (secondary N) is 1. The first-order chi connectivity index (χ1) is 16.9. The number of benzene rings is 3. The molecule has 0 bridgehead atoms. The average Bonchev–Trinajstić information content (AvgIpc) is 3.43. The molecular weight excluding hydrogens is 460 g/mol. The van der Waals surface area contributed by atoms with Gasteiger partial charge in [-0.05, 0) is 73.4 Å². The zero-order chi connectivity index (χ0) is 24.4. The highest BCUT2D eigenvalue weighted by Crippen LogP contribution is 2.31. The third kappa shape index (κ3) is 4.57. The SMILES string of the molecule is CC(NC(=O)c1ccc(S(=O)(=O)N2CCCc3ccccc32)cc1)c1ccc(-n2ccnc2)cc1. The van der Waals surface area contributed by atoms with E-state index >= 15 is 0 Å². The van der Waals surface area contributed by atoms with Crippen LogP contribution >= 0.6 is 0 Å². The maximum atomic E-state index is 13.3. The lowest BCUT2D eigenvalue weighted by atomic mass is 10.0. The number of carbonyl (C=O) groups excluding carboxylic acids is 1. The van der Waals surface area contributed by atoms with E-state index in [1.165, 1.54) is 16.4 Å². The molecule has 35 heavy (non-hydrogen) atoms. The summed E-state index contributed by atoms with van der Waals surface area (Å²) in [6, 6.07) is 21.4. The van der Waals surface area contributed by atoms with Gasteiger partial charge in [-0.25, -0.2) is 13.4 Å². The Hall–Kier alpha value is -3.91. The number of sulfonamides is 1. The number of anilines is 1. The van der Waals surface area contributed by atoms with Gasteiger partial charge in [-0.15, -0.1) is 0 Å². The van der Waals surface area contributed by atoms with Gasteiger partial charge in [-0.2, -0.15) is 0 Å². The van der Waals surface area contributed by atoms with E-state index in [-0.39, 0.29) is 16.8 Å². The van der Waals surface area contributed by atoms with Crippen molar-refractivity contribution in [2.24, 2.45) is 0 Å². The van der Waals surface area contributed by atoms with Gasteiger partial charge in [0.15, 0.2) is 0 Å². The predicted octanol–water partition coefficient (Wildman–Crippen LogP) is 4.50. The molecule has 7 nitrogen and oxygen atoms in total. The summed E-state index contributed by atoms with van der Waals surface area (Å²) in [7, 11) is -3.71. The zero-order valence-corrected chi connectivity index (χ0v) is 20.2. The first kappa shape index (κ1) is 22.9. The number of rotatable bonds is 6. The Labute approximate surface area is 205 Å². The third-order valence-corrected chi connectivity index (χ3v) is 8.14. The molecule has 1 amide bonds. The van der Waals surface area contributed by atoms with E-state index in [0.717, 1.165) is 35.3 Å². The number of amides is 1. The Morgan fingerprint density at radius 1 is 1.00 bits per heavy atom. The van der Waals surface area contributed by atoms with Crippen LogP contribution in [0.5, 0.6) is 0 Å². The first-order valence-electron chi connectivity index (χ1n) is 11.5. The van der Waals surface area contributed by atoms with Gasteiger partial charge in [0, 0.05) is 30.2 Å². The van der Waals surface area contributed by atoms with Crippen LogP contribution in [0.15, 0.2) is 96.4 Å². The van der Waals surface area contributed by atoms with Crippen LogP contribution in [0, 0.1) is 0 Å². The largest absolute Gasteiger partial charge is 0.346 e. The molecule has 1 aromatic heterocycles. The highest BCUT2D eigenvalue weighted by atomic mass is 32.2. The Bertz CT molecular complexity index is 1430. The Balaban J connectivity index is 1.28. The van der Waals surface area contributed by atoms with Crippen molar-refractivity contribution in [3.8, 4) is 5.69 Å². The molecular formula is C27H26N4O3S. The number of fused-ring (bicyclic) bond motifs is 1. The minimum Gasteiger partial charge on any atom is -0.346 e. The van der Waals surface area contributed by atoms with Crippen molar-refractivity contribution in [1.29, 1.82) is 0 Å². The maximum Gasteiger partial charge on any atom is 0.264 e. The van der Waals surface area contributed by atoms with Crippen molar-refractivity contribution < 1.29 is 13.2 Å². The number of hydrogen-bond donors (Lipinski definition) is 1. The maximum absolute atomic E-state index is 13.3. The Morgan fingerprint density at radius 2 is 1.74 bits per heavy atom. The topological polar surface area (TPSA) is 84.3 Å². The van der Waals surface area contributed by atoms with Gasteiger partial charge in [-0.3, -0.25) is 9.10 Å². The molecule has 0 spiro atoms. The molecule has 1 N–H and O–H groups in total. The summed E-state index contributed by atoms with van der Waals surface area (Å²) in [6.07, 6.45) is 6.96. The van der Waals surface area contributed by atoms with Gasteiger partial charge in [0.2, 0.25) is 0 Å². The van der Waals surface area contributed by atoms with Crippen LogP contribution in [0.4, 0.5) is 5.69 Å². The fourth-order valence-corrected chi connectivity index (χ4v) is 5.91. The number of imidazole rings is 1. The summed E-state index contributed by atoms with van der Waals surface area (Å²) >= 11 is 0. The molecule has 0 aliphatic carbocycles. The predicted molar refractivity (Wildman–Crippen MR) is 135 cm³/mol. The van der Waals surface area contributed by atoms with E-state index in [9.17, 15) is 13.2 Å². The van der Waals surface area contributed by atoms with E-state index in [0.29, 0.717) is 12.1 Å². The molecule has 1 aliphatic rings. The number of aromatic nitrogens is 2. The van der Waals surface area contributed by atoms with E-state index in [2.05, 4.69) is 10.3 Å². The monoisotopic (exact) mass is 486 g/mol. The van der Waals surface area contributed by atoms with Crippen molar-refractivity contribution >= 4 is 21.6 Å². The lowest BCUT2D eigenvalue weighted by molar-refractivity contribution is 0.0940. The summed E-state index contributed by atoms with van der Waals surface area (Å²) in [4.78, 5) is 17.1. The van der Waals surface area contributed by atoms with Gasteiger partial charge in [-0.1, -0.05) is 30.3 Å². The lowest BCUT2D eigenvalue weighted by Crippen LogP contribution is -2.35. The van der Waals surface area contributed by atoms with Gasteiger partial charge in [0.25, 0.3) is 15.9 Å². The average molecular weight is 487 g/mol. The second-order valence-electron chi connectivity index (χ2n) is 8.59. The zero-order valence-electron chi connectivity index (χ0n) is 19.3. The van der Waals surface area contributed by atoms with Crippen molar-refractivity contribution in [2.75, 3.05) is 10.8 Å². The van der Waals surface area contributed by atoms with Crippen LogP contribution in [0.25, 0.3) is 5.69 Å². The first-order valence-corrected chi connectivity index (χ1v) is 13.0. The second-order valence-corrected chi connectivity index (χ2v) is 10.5. The summed E-state index contributed by atoms with van der Waals surface area (Å²) in [6.45, 7) is 2.36. The fourth-order valence-electron chi connectivity index (χ4n) is 4.36. The van der Waals surface area contributed by atoms with Crippen LogP contribution in [0.3, 0.4) is 0 Å². The Morgan fingerprint density at radius 3 is 2.46 bits per heavy atom. The van der Waals surface area contributed by atoms with Crippen molar-refractivity contribution in [3.05, 3.63) is 108 Å². The van der Waals surface area contributed by atoms with E-state index in [1.807, 2.05) is 66.2 Å². The molecule has 8 heteroatoms. The molecule has 1 atom stereocenters. The minimum absolute atomic E-state index is 0.175. The van der Waals surface area contributed by atoms with Crippen LogP contribution in [-0.2, 0) is 16.4 Å². The fraction of sp³-hybridized carbons (Fsp3) is 0.185. The van der Waals surface area contributed by atoms with Crippen molar-refractivity contribution in [3.63, 3.8) is 0 Å². The lowest BCUT2D eigenvalue weighted by Gasteiger charge is -2.30. The molecule has 0 radical (unpaired) electrons. The molecule has 1 aliphatic heterocycles. The molecule has 1 unspecified atom stereocenters. The molecule has 3 aromatic carbocycles. The standard InChI is InChI=1S/C27H26N4O3S/c1-20(21-8-12-24(13-9-21)30-18-16-28-19-30)29-27(32)23-10-14-25(15-11-23)35(33,34)31-17-4-6-22-5-2-3-7-26(22)31/h2-3,5,7-16,18-20H,4,6,17H2,1H3,(H,29,32). The highest BCUT2D eigenvalue weighted by Gasteiger charge is 2.29. The van der Waals surface area contributed by atoms with Crippen LogP contribution < -0.4 is 9.62 Å². The van der Waals surface area contributed by atoms with Gasteiger partial charge < -0.3 is 9.88 Å². The molecule has 0 fully saturated rings. The smallest absolute Gasteiger partial charge is 0.264 e. The van der Waals surface area contributed by atoms with Crippen molar-refractivity contribution in [1.82, 2.24) is 14.9 Å². The molecule has 0 saturated carbocycles. The molecule has 0 saturated heterocycles. The Kier molecular flexibility index (Phi) is 6.13. The number of hydrogen-bond acceptors (Lipinski definition) is 4. The number of aryl methyl sites for hydroxylation is 1. The van der Waals surface area contributed by atoms with Crippen molar-refractivity contribution in [2.45, 2.75) is 30.7 Å². The number of carbonyl (C=O) groups is 1. The second kappa shape index (κ2) is 9.38. The van der Waals surface area contributed by atoms with E-state index in [1.54, 1.807) is 24.7 Å². The quantitative estimate of drug-likeness (QED) is 0.435. The number of para-hydroxylation sites is 1. The van der Waals surface area contributed by atoms with E-state index < -0.39 is 10.0 Å². The van der Waals surface area contributed by atoms with Gasteiger partial charge in [0.05, 0.1) is 23.0 Å². The van der Waals surface area contributed by atoms with Gasteiger partial charge in [0.1, 0.15) is 0 Å². The van der Waals surface area contributed by atoms with Gasteiger partial charge >= 0.3 is 0 Å². The summed E-state index contributed by atoms with van der Waals surface area (Å²) in [5, 5.41) is 2.98. The molecule has 4 aromatic rings. The number of nitrogens with zero attached hydrogens (tertiary/aromatic N) is 3. The highest BCUT2D eigenvalue weighted by molar-refractivity contribution is 7.92. The normalized spacial score (nSPS) is 14.3. The molecule has 178 valence electrons. The van der Waals surface area contributed by atoms with Crippen LogP contribution in [0.2, 0.25) is 0 Å². The minimum atomic E-state index is -3.71. The van der Waals surface area contributed by atoms with Crippen LogP contribution in [0.1, 0.15) is 40.9 Å². The summed E-state index contributed by atoms with van der Waals surface area (Å²) < 4.78 is 30.0. The van der Waals surface area contributed by atoms with E-state index in [4.69, 9.17) is 0 Å². The molecule has 2 heterocycles. The summed E-state index contributed by atoms with van der Waals surface area (Å²) in [5.41, 5.74) is 4.12.